The van der Waals surface area contributed by atoms with Gasteiger partial charge in [-0.1, -0.05) is 11.6 Å². The second kappa shape index (κ2) is 5.34. The zero-order valence-electron chi connectivity index (χ0n) is 10.8. The van der Waals surface area contributed by atoms with Crippen molar-refractivity contribution in [3.8, 4) is 0 Å². The summed E-state index contributed by atoms with van der Waals surface area (Å²) in [6.45, 7) is 3.17. The van der Waals surface area contributed by atoms with Crippen LogP contribution in [0.3, 0.4) is 0 Å². The molecule has 0 amide bonds. The molecule has 1 rings (SSSR count). The number of hydrogen-bond donors (Lipinski definition) is 1. The minimum Gasteiger partial charge on any atom is -0.378 e. The molecule has 1 aromatic rings. The van der Waals surface area contributed by atoms with Gasteiger partial charge in [-0.25, -0.2) is 8.42 Å². The summed E-state index contributed by atoms with van der Waals surface area (Å²) in [7, 11) is -3.27. The van der Waals surface area contributed by atoms with E-state index in [1.165, 1.54) is 18.2 Å². The lowest BCUT2D eigenvalue weighted by molar-refractivity contribution is -0.383. The molecule has 0 bridgehead atoms. The van der Waals surface area contributed by atoms with Crippen LogP contribution in [0.5, 0.6) is 0 Å². The Kier molecular flexibility index (Phi) is 4.42. The van der Waals surface area contributed by atoms with Crippen molar-refractivity contribution in [1.29, 1.82) is 0 Å². The van der Waals surface area contributed by atoms with Crippen molar-refractivity contribution in [2.24, 2.45) is 0 Å². The highest BCUT2D eigenvalue weighted by molar-refractivity contribution is 7.92. The molecule has 0 aliphatic heterocycles. The molecular weight excluding hydrogens is 292 g/mol. The Morgan fingerprint density at radius 3 is 2.47 bits per heavy atom. The molecule has 0 aliphatic carbocycles. The second-order valence-electron chi connectivity index (χ2n) is 4.80. The van der Waals surface area contributed by atoms with Crippen LogP contribution in [-0.2, 0) is 9.84 Å². The monoisotopic (exact) mass is 306 g/mol. The summed E-state index contributed by atoms with van der Waals surface area (Å²) in [6, 6.07) is 4.18. The van der Waals surface area contributed by atoms with Crippen molar-refractivity contribution < 1.29 is 13.3 Å². The van der Waals surface area contributed by atoms with Crippen LogP contribution in [0.15, 0.2) is 18.2 Å². The molecule has 0 radical (unpaired) electrons. The molecule has 0 saturated heterocycles. The summed E-state index contributed by atoms with van der Waals surface area (Å²) in [5.41, 5.74) is 0.0583. The predicted octanol–water partition coefficient (Wildman–Crippen LogP) is 2.48. The first-order valence-electron chi connectivity index (χ1n) is 5.42. The SMILES string of the molecule is CC(C)(CNc1ccc(Cl)cc1[N+](=O)[O-])S(C)(=O)=O. The number of benzene rings is 1. The smallest absolute Gasteiger partial charge is 0.293 e. The number of nitro groups is 1. The third-order valence-electron chi connectivity index (χ3n) is 2.86. The summed E-state index contributed by atoms with van der Waals surface area (Å²) in [5, 5.41) is 13.9. The van der Waals surface area contributed by atoms with Crippen molar-refractivity contribution >= 4 is 32.8 Å². The van der Waals surface area contributed by atoms with Crippen molar-refractivity contribution in [2.75, 3.05) is 18.1 Å². The Labute approximate surface area is 116 Å². The first-order valence-corrected chi connectivity index (χ1v) is 7.69. The first kappa shape index (κ1) is 15.7. The average molecular weight is 307 g/mol. The normalized spacial score (nSPS) is 12.2. The minimum atomic E-state index is -3.27. The van der Waals surface area contributed by atoms with Gasteiger partial charge in [-0.05, 0) is 26.0 Å². The van der Waals surface area contributed by atoms with E-state index in [1.54, 1.807) is 13.8 Å². The Bertz CT molecular complexity index is 599. The van der Waals surface area contributed by atoms with Crippen molar-refractivity contribution in [1.82, 2.24) is 0 Å². The van der Waals surface area contributed by atoms with Gasteiger partial charge in [0.15, 0.2) is 9.84 Å². The Hall–Kier alpha value is -1.34. The van der Waals surface area contributed by atoms with E-state index < -0.39 is 19.5 Å². The van der Waals surface area contributed by atoms with Crippen LogP contribution < -0.4 is 5.32 Å². The molecule has 0 spiro atoms. The van der Waals surface area contributed by atoms with Gasteiger partial charge < -0.3 is 5.32 Å². The maximum atomic E-state index is 11.6. The average Bonchev–Trinajstić information content (AvgIpc) is 2.25. The van der Waals surface area contributed by atoms with Gasteiger partial charge in [0.25, 0.3) is 5.69 Å². The molecule has 0 atom stereocenters. The summed E-state index contributed by atoms with van der Waals surface area (Å²) >= 11 is 5.70. The standard InChI is InChI=1S/C11H15ClN2O4S/c1-11(2,19(3,17)18)7-13-9-5-4-8(12)6-10(9)14(15)16/h4-6,13H,7H2,1-3H3. The van der Waals surface area contributed by atoms with Gasteiger partial charge in [-0.3, -0.25) is 10.1 Å². The molecule has 0 aromatic heterocycles. The molecule has 0 aliphatic rings. The molecular formula is C11H15ClN2O4S. The Balaban J connectivity index is 2.99. The van der Waals surface area contributed by atoms with E-state index in [0.717, 1.165) is 6.26 Å². The molecule has 106 valence electrons. The minimum absolute atomic E-state index is 0.0638. The lowest BCUT2D eigenvalue weighted by Gasteiger charge is -2.23. The maximum Gasteiger partial charge on any atom is 0.293 e. The van der Waals surface area contributed by atoms with Gasteiger partial charge in [0, 0.05) is 23.9 Å². The van der Waals surface area contributed by atoms with Crippen LogP contribution >= 0.6 is 11.6 Å². The lowest BCUT2D eigenvalue weighted by atomic mass is 10.2. The summed E-state index contributed by atoms with van der Waals surface area (Å²) in [5.74, 6) is 0. The van der Waals surface area contributed by atoms with Crippen LogP contribution in [-0.4, -0.2) is 30.9 Å². The summed E-state index contributed by atoms with van der Waals surface area (Å²) < 4.78 is 22.1. The number of nitrogens with one attached hydrogen (secondary N) is 1. The topological polar surface area (TPSA) is 89.3 Å². The molecule has 1 N–H and O–H groups in total. The maximum absolute atomic E-state index is 11.6. The zero-order valence-corrected chi connectivity index (χ0v) is 12.4. The van der Waals surface area contributed by atoms with Crippen LogP contribution in [0.1, 0.15) is 13.8 Å². The van der Waals surface area contributed by atoms with Crippen LogP contribution in [0.4, 0.5) is 11.4 Å². The lowest BCUT2D eigenvalue weighted by Crippen LogP contribution is -2.38. The zero-order chi connectivity index (χ0) is 14.8. The number of nitrogens with zero attached hydrogens (tertiary/aromatic N) is 1. The van der Waals surface area contributed by atoms with E-state index >= 15 is 0 Å². The quantitative estimate of drug-likeness (QED) is 0.667. The Morgan fingerprint density at radius 2 is 2.00 bits per heavy atom. The highest BCUT2D eigenvalue weighted by Crippen LogP contribution is 2.28. The van der Waals surface area contributed by atoms with Gasteiger partial charge >= 0.3 is 0 Å². The fourth-order valence-corrected chi connectivity index (χ4v) is 1.75. The molecule has 0 saturated carbocycles. The van der Waals surface area contributed by atoms with Gasteiger partial charge in [-0.15, -0.1) is 0 Å². The number of hydrogen-bond acceptors (Lipinski definition) is 5. The van der Waals surface area contributed by atoms with Gasteiger partial charge in [-0.2, -0.15) is 0 Å². The fourth-order valence-electron chi connectivity index (χ4n) is 1.24. The first-order chi connectivity index (χ1) is 8.54. The van der Waals surface area contributed by atoms with Crippen molar-refractivity contribution in [2.45, 2.75) is 18.6 Å². The van der Waals surface area contributed by atoms with Crippen molar-refractivity contribution in [3.05, 3.63) is 33.3 Å². The molecule has 0 unspecified atom stereocenters. The number of anilines is 1. The number of sulfone groups is 1. The van der Waals surface area contributed by atoms with Gasteiger partial charge in [0.05, 0.1) is 9.67 Å². The number of halogens is 1. The molecule has 1 aromatic carbocycles. The summed E-state index contributed by atoms with van der Waals surface area (Å²) in [4.78, 5) is 10.3. The van der Waals surface area contributed by atoms with Crippen LogP contribution in [0.25, 0.3) is 0 Å². The highest BCUT2D eigenvalue weighted by atomic mass is 35.5. The largest absolute Gasteiger partial charge is 0.378 e. The van der Waals surface area contributed by atoms with E-state index in [9.17, 15) is 18.5 Å². The van der Waals surface area contributed by atoms with E-state index in [0.29, 0.717) is 0 Å². The fraction of sp³-hybridized carbons (Fsp3) is 0.455. The van der Waals surface area contributed by atoms with E-state index in [4.69, 9.17) is 11.6 Å². The summed E-state index contributed by atoms with van der Waals surface area (Å²) in [6.07, 6.45) is 1.13. The third-order valence-corrected chi connectivity index (χ3v) is 5.25. The van der Waals surface area contributed by atoms with E-state index in [-0.39, 0.29) is 22.9 Å². The molecule has 6 nitrogen and oxygen atoms in total. The molecule has 19 heavy (non-hydrogen) atoms. The van der Waals surface area contributed by atoms with Gasteiger partial charge in [0.1, 0.15) is 5.69 Å². The Morgan fingerprint density at radius 1 is 1.42 bits per heavy atom. The molecule has 0 heterocycles. The van der Waals surface area contributed by atoms with Crippen LogP contribution in [0.2, 0.25) is 5.02 Å². The van der Waals surface area contributed by atoms with Gasteiger partial charge in [0.2, 0.25) is 0 Å². The number of nitro benzene ring substituents is 1. The van der Waals surface area contributed by atoms with E-state index in [1.807, 2.05) is 0 Å². The number of rotatable bonds is 5. The second-order valence-corrected chi connectivity index (χ2v) is 7.89. The van der Waals surface area contributed by atoms with Crippen molar-refractivity contribution in [3.63, 3.8) is 0 Å². The predicted molar refractivity (Wildman–Crippen MR) is 75.5 cm³/mol. The molecule has 0 fully saturated rings. The highest BCUT2D eigenvalue weighted by Gasteiger charge is 2.30. The van der Waals surface area contributed by atoms with Crippen LogP contribution in [0, 0.1) is 10.1 Å². The third kappa shape index (κ3) is 3.81. The van der Waals surface area contributed by atoms with E-state index in [2.05, 4.69) is 5.32 Å². The molecule has 8 heteroatoms.